The number of hydrogen-bond donors (Lipinski definition) is 2. The van der Waals surface area contributed by atoms with E-state index in [2.05, 4.69) is 0 Å². The lowest BCUT2D eigenvalue weighted by Gasteiger charge is -2.20. The summed E-state index contributed by atoms with van der Waals surface area (Å²) >= 11 is 0. The lowest BCUT2D eigenvalue weighted by Crippen LogP contribution is -2.39. The normalized spacial score (nSPS) is 22.5. The molecule has 1 rings (SSSR count). The predicted molar refractivity (Wildman–Crippen MR) is 77.8 cm³/mol. The van der Waals surface area contributed by atoms with Crippen molar-refractivity contribution in [3.05, 3.63) is 11.3 Å². The summed E-state index contributed by atoms with van der Waals surface area (Å²) in [7, 11) is 0. The monoisotopic (exact) mass is 296 g/mol. The summed E-state index contributed by atoms with van der Waals surface area (Å²) in [5.41, 5.74) is -2.61. The highest BCUT2D eigenvalue weighted by Crippen LogP contribution is 2.35. The molecule has 0 aromatic heterocycles. The average Bonchev–Trinajstić information content (AvgIpc) is 2.57. The Morgan fingerprint density at radius 1 is 1.19 bits per heavy atom. The highest BCUT2D eigenvalue weighted by Gasteiger charge is 2.51. The molecule has 0 aromatic carbocycles. The zero-order chi connectivity index (χ0) is 16.4. The standard InChI is InChI=1S/C16H24O5/c1-9(2)5-6-13(19)16(21)8-12(18)14(15(16)20)11(17)7-10(3)4/h9-10,20-21H,5-8H2,1-4H3. The van der Waals surface area contributed by atoms with E-state index in [1.807, 2.05) is 27.7 Å². The van der Waals surface area contributed by atoms with Crippen LogP contribution in [0.5, 0.6) is 0 Å². The van der Waals surface area contributed by atoms with E-state index in [0.717, 1.165) is 0 Å². The summed E-state index contributed by atoms with van der Waals surface area (Å²) in [5.74, 6) is -2.24. The number of hydrogen-bond acceptors (Lipinski definition) is 5. The maximum absolute atomic E-state index is 12.1. The molecule has 0 fully saturated rings. The second-order valence-electron chi connectivity index (χ2n) is 6.56. The van der Waals surface area contributed by atoms with E-state index < -0.39 is 40.7 Å². The van der Waals surface area contributed by atoms with Gasteiger partial charge >= 0.3 is 0 Å². The largest absolute Gasteiger partial charge is 0.508 e. The fraction of sp³-hybridized carbons (Fsp3) is 0.688. The highest BCUT2D eigenvalue weighted by atomic mass is 16.3. The summed E-state index contributed by atoms with van der Waals surface area (Å²) in [6, 6.07) is 0. The predicted octanol–water partition coefficient (Wildman–Crippen LogP) is 2.12. The minimum atomic E-state index is -2.21. The summed E-state index contributed by atoms with van der Waals surface area (Å²) in [5, 5.41) is 20.4. The van der Waals surface area contributed by atoms with Gasteiger partial charge in [-0.15, -0.1) is 0 Å². The van der Waals surface area contributed by atoms with Crippen LogP contribution in [0.1, 0.15) is 53.4 Å². The third-order valence-corrected chi connectivity index (χ3v) is 3.61. The van der Waals surface area contributed by atoms with Crippen molar-refractivity contribution in [2.24, 2.45) is 11.8 Å². The Labute approximate surface area is 125 Å². The molecular weight excluding hydrogens is 272 g/mol. The van der Waals surface area contributed by atoms with Crippen molar-refractivity contribution in [2.45, 2.75) is 59.0 Å². The molecule has 1 atom stereocenters. The van der Waals surface area contributed by atoms with E-state index in [1.54, 1.807) is 0 Å². The van der Waals surface area contributed by atoms with Gasteiger partial charge in [0, 0.05) is 12.8 Å². The lowest BCUT2D eigenvalue weighted by molar-refractivity contribution is -0.138. The van der Waals surface area contributed by atoms with Crippen LogP contribution >= 0.6 is 0 Å². The second kappa shape index (κ2) is 6.52. The number of allylic oxidation sites excluding steroid dienone is 1. The number of carbonyl (C=O) groups is 3. The van der Waals surface area contributed by atoms with Gasteiger partial charge in [-0.25, -0.2) is 0 Å². The van der Waals surface area contributed by atoms with Gasteiger partial charge in [0.05, 0.1) is 6.42 Å². The zero-order valence-electron chi connectivity index (χ0n) is 13.1. The topological polar surface area (TPSA) is 91.7 Å². The molecule has 0 saturated heterocycles. The molecule has 0 aliphatic heterocycles. The van der Waals surface area contributed by atoms with Crippen molar-refractivity contribution in [3.63, 3.8) is 0 Å². The van der Waals surface area contributed by atoms with Crippen LogP contribution in [0.4, 0.5) is 0 Å². The maximum Gasteiger partial charge on any atom is 0.187 e. The van der Waals surface area contributed by atoms with Gasteiger partial charge < -0.3 is 10.2 Å². The molecule has 0 bridgehead atoms. The van der Waals surface area contributed by atoms with Crippen molar-refractivity contribution >= 4 is 17.3 Å². The van der Waals surface area contributed by atoms with Crippen LogP contribution in [-0.4, -0.2) is 33.2 Å². The molecule has 0 spiro atoms. The number of Topliss-reactive ketones (excluding diaryl/α,β-unsaturated/α-hetero) is 3. The number of ketones is 3. The average molecular weight is 296 g/mol. The summed E-state index contributed by atoms with van der Waals surface area (Å²) in [6.45, 7) is 7.50. The van der Waals surface area contributed by atoms with Gasteiger partial charge in [-0.05, 0) is 18.3 Å². The van der Waals surface area contributed by atoms with E-state index in [1.165, 1.54) is 0 Å². The summed E-state index contributed by atoms with van der Waals surface area (Å²) < 4.78 is 0. The van der Waals surface area contributed by atoms with Crippen LogP contribution in [0.2, 0.25) is 0 Å². The molecule has 1 aliphatic rings. The van der Waals surface area contributed by atoms with Crippen molar-refractivity contribution in [3.8, 4) is 0 Å². The van der Waals surface area contributed by atoms with E-state index >= 15 is 0 Å². The molecule has 0 saturated carbocycles. The van der Waals surface area contributed by atoms with E-state index in [9.17, 15) is 24.6 Å². The van der Waals surface area contributed by atoms with Crippen molar-refractivity contribution in [1.29, 1.82) is 0 Å². The third kappa shape index (κ3) is 3.79. The van der Waals surface area contributed by atoms with Gasteiger partial charge in [0.1, 0.15) is 11.3 Å². The highest BCUT2D eigenvalue weighted by molar-refractivity contribution is 6.24. The Morgan fingerprint density at radius 2 is 1.76 bits per heavy atom. The number of aliphatic hydroxyl groups is 2. The molecule has 1 aliphatic carbocycles. The van der Waals surface area contributed by atoms with Crippen LogP contribution < -0.4 is 0 Å². The van der Waals surface area contributed by atoms with Crippen molar-refractivity contribution in [1.82, 2.24) is 0 Å². The van der Waals surface area contributed by atoms with Gasteiger partial charge in [0.15, 0.2) is 23.0 Å². The van der Waals surface area contributed by atoms with E-state index in [4.69, 9.17) is 0 Å². The Kier molecular flexibility index (Phi) is 5.45. The molecule has 5 nitrogen and oxygen atoms in total. The molecule has 0 amide bonds. The van der Waals surface area contributed by atoms with Gasteiger partial charge in [-0.1, -0.05) is 27.7 Å². The van der Waals surface area contributed by atoms with Crippen LogP contribution in [0, 0.1) is 11.8 Å². The quantitative estimate of drug-likeness (QED) is 0.702. The Bertz CT molecular complexity index is 487. The maximum atomic E-state index is 12.1. The van der Waals surface area contributed by atoms with Crippen molar-refractivity contribution in [2.75, 3.05) is 0 Å². The molecule has 0 radical (unpaired) electrons. The Morgan fingerprint density at radius 3 is 2.24 bits per heavy atom. The molecule has 5 heteroatoms. The first-order valence-electron chi connectivity index (χ1n) is 7.35. The molecule has 1 unspecified atom stereocenters. The molecule has 118 valence electrons. The second-order valence-corrected chi connectivity index (χ2v) is 6.56. The Balaban J connectivity index is 3.00. The first-order valence-corrected chi connectivity index (χ1v) is 7.35. The first kappa shape index (κ1) is 17.6. The Hall–Kier alpha value is -1.49. The van der Waals surface area contributed by atoms with Crippen LogP contribution in [0.25, 0.3) is 0 Å². The molecule has 21 heavy (non-hydrogen) atoms. The minimum absolute atomic E-state index is 0.0240. The molecule has 0 aromatic rings. The van der Waals surface area contributed by atoms with Crippen LogP contribution in [0.15, 0.2) is 11.3 Å². The fourth-order valence-electron chi connectivity index (χ4n) is 2.36. The van der Waals surface area contributed by atoms with E-state index in [-0.39, 0.29) is 24.7 Å². The number of aliphatic hydroxyl groups excluding tert-OH is 1. The van der Waals surface area contributed by atoms with Gasteiger partial charge in [-0.2, -0.15) is 0 Å². The number of rotatable bonds is 7. The smallest absolute Gasteiger partial charge is 0.187 e. The van der Waals surface area contributed by atoms with Gasteiger partial charge in [-0.3, -0.25) is 14.4 Å². The van der Waals surface area contributed by atoms with E-state index in [0.29, 0.717) is 6.42 Å². The van der Waals surface area contributed by atoms with Crippen molar-refractivity contribution < 1.29 is 24.6 Å². The zero-order valence-corrected chi connectivity index (χ0v) is 13.1. The SMILES string of the molecule is CC(C)CCC(=O)C1(O)CC(=O)C(C(=O)CC(C)C)=C1O. The summed E-state index contributed by atoms with van der Waals surface area (Å²) in [6.07, 6.45) is 0.186. The molecule has 0 heterocycles. The summed E-state index contributed by atoms with van der Waals surface area (Å²) in [4.78, 5) is 36.0. The molecular formula is C16H24O5. The fourth-order valence-corrected chi connectivity index (χ4v) is 2.36. The number of carbonyl (C=O) groups excluding carboxylic acids is 3. The van der Waals surface area contributed by atoms with Gasteiger partial charge in [0.2, 0.25) is 0 Å². The minimum Gasteiger partial charge on any atom is -0.508 e. The van der Waals surface area contributed by atoms with Crippen LogP contribution in [-0.2, 0) is 14.4 Å². The third-order valence-electron chi connectivity index (χ3n) is 3.61. The molecule has 2 N–H and O–H groups in total. The van der Waals surface area contributed by atoms with Crippen LogP contribution in [0.3, 0.4) is 0 Å². The van der Waals surface area contributed by atoms with Gasteiger partial charge in [0.25, 0.3) is 0 Å². The first-order chi connectivity index (χ1) is 9.59. The lowest BCUT2D eigenvalue weighted by atomic mass is 9.91.